The molecule has 0 aromatic heterocycles. The standard InChI is InChI=1S/C37H68O21/c1-39-14-18-22(38)26(43-5)30(47-9)35(52-18)56-24-20(16-41-3)54-37(32(49-11)28(24)45-7)58-25-21(17-42-4)55-36(33(50-12)29(25)46-8)57-23-19(15-40-2)53-34(51-13)31(48-10)27(23)44-6/h18-38H,14-17H2,1-13H3/t18?,19?,20?,21?,22?,23?,24?,25?,26-,27-,28-,29-,30?,31?,32?,33?,34?,35?,36?,37?/m0/s1. The van der Waals surface area contributed by atoms with Gasteiger partial charge in [-0.25, -0.2) is 0 Å². The van der Waals surface area contributed by atoms with Crippen LogP contribution < -0.4 is 0 Å². The van der Waals surface area contributed by atoms with Gasteiger partial charge in [-0.1, -0.05) is 0 Å². The molecular formula is C37H68O21. The van der Waals surface area contributed by atoms with Gasteiger partial charge in [0.15, 0.2) is 25.2 Å². The molecule has 0 aliphatic carbocycles. The highest BCUT2D eigenvalue weighted by molar-refractivity contribution is 5.00. The molecule has 0 spiro atoms. The highest BCUT2D eigenvalue weighted by atomic mass is 16.8. The fourth-order valence-corrected chi connectivity index (χ4v) is 8.27. The summed E-state index contributed by atoms with van der Waals surface area (Å²) >= 11 is 0. The predicted octanol–water partition coefficient (Wildman–Crippen LogP) is -1.25. The molecule has 20 atom stereocenters. The van der Waals surface area contributed by atoms with Crippen LogP contribution in [0.25, 0.3) is 0 Å². The number of rotatable bonds is 23. The number of aliphatic hydroxyl groups is 1. The van der Waals surface area contributed by atoms with E-state index in [0.717, 1.165) is 0 Å². The maximum absolute atomic E-state index is 11.0. The molecule has 21 nitrogen and oxygen atoms in total. The Labute approximate surface area is 341 Å². The Hall–Kier alpha value is -0.840. The number of hydrogen-bond acceptors (Lipinski definition) is 21. The van der Waals surface area contributed by atoms with Crippen LogP contribution in [0.2, 0.25) is 0 Å². The molecule has 0 aromatic carbocycles. The quantitative estimate of drug-likeness (QED) is 0.128. The minimum Gasteiger partial charge on any atom is -0.387 e. The van der Waals surface area contributed by atoms with E-state index in [1.807, 2.05) is 0 Å². The van der Waals surface area contributed by atoms with Crippen molar-refractivity contribution in [1.29, 1.82) is 0 Å². The van der Waals surface area contributed by atoms with Crippen molar-refractivity contribution in [1.82, 2.24) is 0 Å². The Kier molecular flexibility index (Phi) is 21.2. The predicted molar refractivity (Wildman–Crippen MR) is 196 cm³/mol. The lowest BCUT2D eigenvalue weighted by atomic mass is 9.95. The second-order valence-electron chi connectivity index (χ2n) is 14.1. The van der Waals surface area contributed by atoms with Crippen LogP contribution in [-0.2, 0) is 94.7 Å². The lowest BCUT2D eigenvalue weighted by molar-refractivity contribution is -0.394. The first kappa shape index (κ1) is 49.8. The zero-order valence-electron chi connectivity index (χ0n) is 36.0. The molecule has 4 rings (SSSR count). The minimum atomic E-state index is -1.10. The lowest BCUT2D eigenvalue weighted by Gasteiger charge is -2.51. The number of hydrogen-bond donors (Lipinski definition) is 1. The van der Waals surface area contributed by atoms with Gasteiger partial charge in [0.25, 0.3) is 0 Å². The van der Waals surface area contributed by atoms with Crippen molar-refractivity contribution in [3.63, 3.8) is 0 Å². The van der Waals surface area contributed by atoms with Crippen LogP contribution in [0.4, 0.5) is 0 Å². The molecule has 0 bridgehead atoms. The molecule has 4 aliphatic heterocycles. The van der Waals surface area contributed by atoms with Crippen molar-refractivity contribution in [2.45, 2.75) is 123 Å². The molecular weight excluding hydrogens is 780 g/mol. The van der Waals surface area contributed by atoms with Crippen LogP contribution in [0.15, 0.2) is 0 Å². The third-order valence-corrected chi connectivity index (χ3v) is 11.0. The smallest absolute Gasteiger partial charge is 0.187 e. The van der Waals surface area contributed by atoms with E-state index in [9.17, 15) is 5.11 Å². The van der Waals surface area contributed by atoms with Crippen molar-refractivity contribution in [2.24, 2.45) is 0 Å². The fourth-order valence-electron chi connectivity index (χ4n) is 8.27. The zero-order valence-corrected chi connectivity index (χ0v) is 36.0. The summed E-state index contributed by atoms with van der Waals surface area (Å²) in [6, 6.07) is 0. The van der Waals surface area contributed by atoms with Crippen LogP contribution in [0, 0.1) is 0 Å². The Morgan fingerprint density at radius 1 is 0.293 bits per heavy atom. The molecule has 4 heterocycles. The monoisotopic (exact) mass is 848 g/mol. The first-order chi connectivity index (χ1) is 28.1. The van der Waals surface area contributed by atoms with Crippen LogP contribution in [0.5, 0.6) is 0 Å². The van der Waals surface area contributed by atoms with E-state index in [4.69, 9.17) is 94.7 Å². The molecule has 0 radical (unpaired) electrons. The first-order valence-corrected chi connectivity index (χ1v) is 19.1. The number of ether oxygens (including phenoxy) is 20. The van der Waals surface area contributed by atoms with Crippen molar-refractivity contribution in [3.8, 4) is 0 Å². The fraction of sp³-hybridized carbons (Fsp3) is 1.00. The van der Waals surface area contributed by atoms with Crippen LogP contribution in [0.1, 0.15) is 0 Å². The van der Waals surface area contributed by atoms with Crippen molar-refractivity contribution in [2.75, 3.05) is 119 Å². The molecule has 0 saturated carbocycles. The Morgan fingerprint density at radius 2 is 0.552 bits per heavy atom. The van der Waals surface area contributed by atoms with Gasteiger partial charge in [-0.05, 0) is 0 Å². The van der Waals surface area contributed by atoms with Crippen molar-refractivity contribution < 1.29 is 99.8 Å². The largest absolute Gasteiger partial charge is 0.387 e. The normalized spacial score (nSPS) is 43.8. The summed E-state index contributed by atoms with van der Waals surface area (Å²) in [5.74, 6) is 0. The average Bonchev–Trinajstić information content (AvgIpc) is 3.23. The molecule has 21 heteroatoms. The zero-order chi connectivity index (χ0) is 42.5. The summed E-state index contributed by atoms with van der Waals surface area (Å²) in [6.45, 7) is 0.332. The summed E-state index contributed by atoms with van der Waals surface area (Å²) in [5, 5.41) is 11.0. The second kappa shape index (κ2) is 24.7. The van der Waals surface area contributed by atoms with Crippen molar-refractivity contribution in [3.05, 3.63) is 0 Å². The van der Waals surface area contributed by atoms with Gasteiger partial charge in [-0.3, -0.25) is 0 Å². The maximum Gasteiger partial charge on any atom is 0.187 e. The van der Waals surface area contributed by atoms with Gasteiger partial charge in [0.1, 0.15) is 97.7 Å². The SMILES string of the molecule is COCC1OC(OC2C(COC)OC(OC3C(COC)OC(OC4C(COC)OC(OC)C(OC)[C@H]4OC)C(OC)[C@H]3OC)C(OC)[C@H]2OC)C(OC)[C@@H](OC)C1O. The van der Waals surface area contributed by atoms with Crippen LogP contribution >= 0.6 is 0 Å². The Morgan fingerprint density at radius 3 is 0.845 bits per heavy atom. The van der Waals surface area contributed by atoms with E-state index < -0.39 is 123 Å². The molecule has 4 saturated heterocycles. The summed E-state index contributed by atoms with van der Waals surface area (Å²) in [5.41, 5.74) is 0. The third kappa shape index (κ3) is 11.0. The van der Waals surface area contributed by atoms with Gasteiger partial charge < -0.3 is 99.8 Å². The third-order valence-electron chi connectivity index (χ3n) is 11.0. The van der Waals surface area contributed by atoms with Gasteiger partial charge in [-0.2, -0.15) is 0 Å². The Bertz CT molecular complexity index is 1130. The average molecular weight is 849 g/mol. The van der Waals surface area contributed by atoms with E-state index in [1.54, 1.807) is 14.2 Å². The van der Waals surface area contributed by atoms with Gasteiger partial charge >= 0.3 is 0 Å². The van der Waals surface area contributed by atoms with Crippen LogP contribution in [0.3, 0.4) is 0 Å². The number of methoxy groups -OCH3 is 13. The summed E-state index contributed by atoms with van der Waals surface area (Å²) < 4.78 is 121. The van der Waals surface area contributed by atoms with Crippen LogP contribution in [-0.4, -0.2) is 247 Å². The minimum absolute atomic E-state index is 0.0508. The topological polar surface area (TPSA) is 205 Å². The van der Waals surface area contributed by atoms with E-state index in [2.05, 4.69) is 0 Å². The van der Waals surface area contributed by atoms with E-state index in [0.29, 0.717) is 0 Å². The highest BCUT2D eigenvalue weighted by Gasteiger charge is 2.57. The summed E-state index contributed by atoms with van der Waals surface area (Å²) in [6.07, 6.45) is -16.9. The van der Waals surface area contributed by atoms with Crippen molar-refractivity contribution >= 4 is 0 Å². The van der Waals surface area contributed by atoms with Gasteiger partial charge in [0.05, 0.1) is 26.4 Å². The van der Waals surface area contributed by atoms with E-state index >= 15 is 0 Å². The maximum atomic E-state index is 11.0. The lowest BCUT2D eigenvalue weighted by Crippen LogP contribution is -2.68. The Balaban J connectivity index is 1.62. The second-order valence-corrected chi connectivity index (χ2v) is 14.1. The molecule has 4 aliphatic rings. The highest BCUT2D eigenvalue weighted by Crippen LogP contribution is 2.38. The molecule has 4 fully saturated rings. The van der Waals surface area contributed by atoms with Gasteiger partial charge in [-0.15, -0.1) is 0 Å². The van der Waals surface area contributed by atoms with E-state index in [1.165, 1.54) is 78.2 Å². The molecule has 0 amide bonds. The molecule has 1 N–H and O–H groups in total. The number of aliphatic hydroxyl groups excluding tert-OH is 1. The molecule has 16 unspecified atom stereocenters. The first-order valence-electron chi connectivity index (χ1n) is 19.1. The summed E-state index contributed by atoms with van der Waals surface area (Å²) in [4.78, 5) is 0. The molecule has 58 heavy (non-hydrogen) atoms. The molecule has 0 aromatic rings. The summed E-state index contributed by atoms with van der Waals surface area (Å²) in [7, 11) is 19.7. The van der Waals surface area contributed by atoms with Gasteiger partial charge in [0, 0.05) is 92.4 Å². The van der Waals surface area contributed by atoms with Gasteiger partial charge in [0.2, 0.25) is 0 Å². The molecule has 342 valence electrons. The van der Waals surface area contributed by atoms with E-state index in [-0.39, 0.29) is 26.4 Å².